The molecule has 1 aliphatic heterocycles. The number of hydrogen-bond donors (Lipinski definition) is 0. The number of aliphatic imine (C=N–C) groups is 1. The van der Waals surface area contributed by atoms with Crippen LogP contribution in [-0.4, -0.2) is 24.7 Å². The second-order valence-corrected chi connectivity index (χ2v) is 10.1. The molecule has 176 valence electrons. The molecule has 0 saturated heterocycles. The van der Waals surface area contributed by atoms with E-state index in [1.165, 1.54) is 32.1 Å². The number of carbonyl (C=O) groups is 1. The lowest BCUT2D eigenvalue weighted by atomic mass is 9.86. The highest BCUT2D eigenvalue weighted by Gasteiger charge is 2.29. The molecule has 0 aromatic heterocycles. The van der Waals surface area contributed by atoms with Crippen LogP contribution < -0.4 is 4.90 Å². The Labute approximate surface area is 201 Å². The molecule has 6 heteroatoms. The zero-order valence-electron chi connectivity index (χ0n) is 19.9. The van der Waals surface area contributed by atoms with Crippen LogP contribution in [0.3, 0.4) is 0 Å². The number of amides is 1. The maximum atomic E-state index is 13.6. The first-order valence-corrected chi connectivity index (χ1v) is 13.0. The highest BCUT2D eigenvalue weighted by Crippen LogP contribution is 2.49. The number of benzene rings is 2. The molecular weight excluding hydrogens is 432 g/mol. The molecule has 1 heterocycles. The largest absolute Gasteiger partial charge is 0.451 e. The number of nitrogens with zero attached hydrogens (tertiary/aromatic N) is 2. The van der Waals surface area contributed by atoms with Gasteiger partial charge in [0.1, 0.15) is 0 Å². The molecule has 33 heavy (non-hydrogen) atoms. The predicted octanol–water partition coefficient (Wildman–Crippen LogP) is 7.63. The average molecular weight is 467 g/mol. The van der Waals surface area contributed by atoms with E-state index in [1.807, 2.05) is 62.1 Å². The molecule has 0 bridgehead atoms. The molecule has 0 unspecified atom stereocenters. The first kappa shape index (κ1) is 23.7. The summed E-state index contributed by atoms with van der Waals surface area (Å²) in [6.07, 6.45) is 8.20. The fourth-order valence-electron chi connectivity index (χ4n) is 4.52. The summed E-state index contributed by atoms with van der Waals surface area (Å²) in [7, 11) is 0. The van der Waals surface area contributed by atoms with Crippen molar-refractivity contribution in [3.8, 4) is 0 Å². The van der Waals surface area contributed by atoms with E-state index >= 15 is 0 Å². The lowest BCUT2D eigenvalue weighted by Gasteiger charge is -2.32. The van der Waals surface area contributed by atoms with Crippen LogP contribution in [0.4, 0.5) is 17.1 Å². The third-order valence-electron chi connectivity index (χ3n) is 6.07. The van der Waals surface area contributed by atoms with Crippen LogP contribution in [0.1, 0.15) is 65.7 Å². The van der Waals surface area contributed by atoms with E-state index in [1.54, 1.807) is 11.8 Å². The number of anilines is 2. The van der Waals surface area contributed by atoms with E-state index in [0.717, 1.165) is 27.6 Å². The van der Waals surface area contributed by atoms with E-state index in [-0.39, 0.29) is 18.1 Å². The average Bonchev–Trinajstić information content (AvgIpc) is 2.81. The molecule has 0 spiro atoms. The van der Waals surface area contributed by atoms with Crippen LogP contribution in [-0.2, 0) is 14.3 Å². The summed E-state index contributed by atoms with van der Waals surface area (Å²) >= 11 is 1.69. The van der Waals surface area contributed by atoms with Gasteiger partial charge in [0.15, 0.2) is 0 Å². The molecule has 1 aliphatic carbocycles. The lowest BCUT2D eigenvalue weighted by molar-refractivity contribution is -0.118. The summed E-state index contributed by atoms with van der Waals surface area (Å²) in [5.74, 6) is 0.827. The first-order valence-electron chi connectivity index (χ1n) is 12.2. The minimum atomic E-state index is -0.0341. The van der Waals surface area contributed by atoms with Crippen LogP contribution in [0.5, 0.6) is 0 Å². The van der Waals surface area contributed by atoms with Gasteiger partial charge in [0.05, 0.1) is 29.8 Å². The zero-order valence-corrected chi connectivity index (χ0v) is 20.7. The lowest BCUT2D eigenvalue weighted by Crippen LogP contribution is -2.28. The monoisotopic (exact) mass is 466 g/mol. The quantitative estimate of drug-likeness (QED) is 0.324. The summed E-state index contributed by atoms with van der Waals surface area (Å²) in [5.41, 5.74) is 2.55. The van der Waals surface area contributed by atoms with E-state index in [9.17, 15) is 4.79 Å². The van der Waals surface area contributed by atoms with Crippen LogP contribution >= 0.6 is 11.8 Å². The summed E-state index contributed by atoms with van der Waals surface area (Å²) < 4.78 is 11.3. The van der Waals surface area contributed by atoms with Gasteiger partial charge >= 0.3 is 6.08 Å². The molecule has 1 amide bonds. The van der Waals surface area contributed by atoms with Crippen LogP contribution in [0.2, 0.25) is 0 Å². The molecule has 5 nitrogen and oxygen atoms in total. The fraction of sp³-hybridized carbons (Fsp3) is 0.481. The van der Waals surface area contributed by atoms with Gasteiger partial charge < -0.3 is 9.47 Å². The van der Waals surface area contributed by atoms with E-state index in [2.05, 4.69) is 11.1 Å². The third kappa shape index (κ3) is 5.91. The molecule has 2 aliphatic rings. The second-order valence-electron chi connectivity index (χ2n) is 8.97. The predicted molar refractivity (Wildman–Crippen MR) is 135 cm³/mol. The van der Waals surface area contributed by atoms with Gasteiger partial charge in [-0.25, -0.2) is 0 Å². The van der Waals surface area contributed by atoms with E-state index < -0.39 is 0 Å². The molecule has 1 fully saturated rings. The smallest absolute Gasteiger partial charge is 0.389 e. The van der Waals surface area contributed by atoms with Crippen molar-refractivity contribution in [1.82, 2.24) is 0 Å². The van der Waals surface area contributed by atoms with Gasteiger partial charge in [-0.2, -0.15) is 4.99 Å². The molecule has 1 saturated carbocycles. The van der Waals surface area contributed by atoms with Gasteiger partial charge in [-0.05, 0) is 63.4 Å². The van der Waals surface area contributed by atoms with Gasteiger partial charge in [0, 0.05) is 16.2 Å². The highest BCUT2D eigenvalue weighted by molar-refractivity contribution is 7.99. The zero-order chi connectivity index (χ0) is 23.2. The van der Waals surface area contributed by atoms with E-state index in [0.29, 0.717) is 24.6 Å². The van der Waals surface area contributed by atoms with Gasteiger partial charge in [0.2, 0.25) is 5.91 Å². The molecule has 0 N–H and O–H groups in total. The normalized spacial score (nSPS) is 16.4. The molecular formula is C27H34N2O3S. The minimum absolute atomic E-state index is 0.0341. The van der Waals surface area contributed by atoms with Crippen molar-refractivity contribution < 1.29 is 14.3 Å². The van der Waals surface area contributed by atoms with Crippen molar-refractivity contribution in [3.63, 3.8) is 0 Å². The summed E-state index contributed by atoms with van der Waals surface area (Å²) in [4.78, 5) is 22.2. The molecule has 4 rings (SSSR count). The van der Waals surface area contributed by atoms with Crippen molar-refractivity contribution in [2.75, 3.05) is 11.5 Å². The Balaban J connectivity index is 1.63. The number of para-hydroxylation sites is 1. The van der Waals surface area contributed by atoms with Gasteiger partial charge in [-0.3, -0.25) is 9.69 Å². The number of rotatable bonds is 6. The number of hydrogen-bond acceptors (Lipinski definition) is 5. The molecule has 0 atom stereocenters. The number of carbonyl (C=O) groups excluding carboxylic acids is 1. The highest BCUT2D eigenvalue weighted by atomic mass is 32.2. The fourth-order valence-corrected chi connectivity index (χ4v) is 5.56. The number of ether oxygens (including phenoxy) is 2. The number of fused-ring (bicyclic) bond motifs is 2. The summed E-state index contributed by atoms with van der Waals surface area (Å²) in [5, 5.41) is 0. The Morgan fingerprint density at radius 2 is 1.85 bits per heavy atom. The van der Waals surface area contributed by atoms with Gasteiger partial charge in [-0.1, -0.05) is 56.0 Å². The van der Waals surface area contributed by atoms with Gasteiger partial charge in [0.25, 0.3) is 0 Å². The standard InChI is InChI=1S/C27H34N2O3S/c1-4-31-27(32-19(2)3)28-21-15-16-25-23(18-21)29(22-12-8-9-13-24(22)33-25)26(30)17-14-20-10-6-5-7-11-20/h8-9,12-13,15-16,18-20H,4-7,10-11,14,17H2,1-3H3/b28-27-. The van der Waals surface area contributed by atoms with Crippen LogP contribution in [0, 0.1) is 5.92 Å². The Bertz CT molecular complexity index is 999. The maximum absolute atomic E-state index is 13.6. The second kappa shape index (κ2) is 11.1. The Kier molecular flexibility index (Phi) is 7.97. The maximum Gasteiger partial charge on any atom is 0.389 e. The van der Waals surface area contributed by atoms with Crippen molar-refractivity contribution in [1.29, 1.82) is 0 Å². The summed E-state index contributed by atoms with van der Waals surface area (Å²) in [6, 6.07) is 14.1. The van der Waals surface area contributed by atoms with Crippen LogP contribution in [0.25, 0.3) is 0 Å². The van der Waals surface area contributed by atoms with Crippen molar-refractivity contribution >= 4 is 40.8 Å². The first-order chi connectivity index (χ1) is 16.0. The van der Waals surface area contributed by atoms with Crippen LogP contribution in [0.15, 0.2) is 57.2 Å². The van der Waals surface area contributed by atoms with Crippen molar-refractivity contribution in [3.05, 3.63) is 42.5 Å². The molecule has 2 aromatic rings. The molecule has 2 aromatic carbocycles. The molecule has 0 radical (unpaired) electrons. The third-order valence-corrected chi connectivity index (χ3v) is 7.21. The Morgan fingerprint density at radius 3 is 2.61 bits per heavy atom. The van der Waals surface area contributed by atoms with Gasteiger partial charge in [-0.15, -0.1) is 0 Å². The van der Waals surface area contributed by atoms with Crippen molar-refractivity contribution in [2.24, 2.45) is 10.9 Å². The SMILES string of the molecule is CCO/C(=N/c1ccc2c(c1)N(C(=O)CCC1CCCCC1)c1ccccc1S2)OC(C)C. The topological polar surface area (TPSA) is 51.1 Å². The summed E-state index contributed by atoms with van der Waals surface area (Å²) in [6.45, 7) is 6.28. The minimum Gasteiger partial charge on any atom is -0.451 e. The Morgan fingerprint density at radius 1 is 1.09 bits per heavy atom. The Hall–Kier alpha value is -2.47. The van der Waals surface area contributed by atoms with Crippen molar-refractivity contribution in [2.45, 2.75) is 81.6 Å². The van der Waals surface area contributed by atoms with E-state index in [4.69, 9.17) is 9.47 Å².